The van der Waals surface area contributed by atoms with Crippen LogP contribution in [0.25, 0.3) is 0 Å². The van der Waals surface area contributed by atoms with Crippen molar-refractivity contribution in [3.8, 4) is 0 Å². The summed E-state index contributed by atoms with van der Waals surface area (Å²) in [5.41, 5.74) is 0.0316. The number of hydrogen-bond donors (Lipinski definition) is 2. The van der Waals surface area contributed by atoms with Crippen LogP contribution >= 0.6 is 23.2 Å². The molecular weight excluding hydrogens is 295 g/mol. The van der Waals surface area contributed by atoms with Crippen molar-refractivity contribution in [3.63, 3.8) is 0 Å². The second kappa shape index (κ2) is 5.29. The van der Waals surface area contributed by atoms with Crippen molar-refractivity contribution in [2.45, 2.75) is 0 Å². The SMILES string of the molecule is O=C(Nc1c(Cl)cccc1Cl)c1cc(C(=O)O)on1. The number of benzene rings is 1. The Bertz CT molecular complexity index is 634. The Morgan fingerprint density at radius 1 is 1.26 bits per heavy atom. The highest BCUT2D eigenvalue weighted by Crippen LogP contribution is 2.30. The maximum atomic E-state index is 11.8. The molecular formula is C11H6Cl2N2O4. The summed E-state index contributed by atoms with van der Waals surface area (Å²) >= 11 is 11.8. The summed E-state index contributed by atoms with van der Waals surface area (Å²) in [5, 5.41) is 14.9. The van der Waals surface area contributed by atoms with Crippen LogP contribution in [0.3, 0.4) is 0 Å². The lowest BCUT2D eigenvalue weighted by molar-refractivity contribution is 0.0651. The quantitative estimate of drug-likeness (QED) is 0.909. The minimum Gasteiger partial charge on any atom is -0.475 e. The highest BCUT2D eigenvalue weighted by atomic mass is 35.5. The summed E-state index contributed by atoms with van der Waals surface area (Å²) in [7, 11) is 0. The van der Waals surface area contributed by atoms with Gasteiger partial charge in [0.1, 0.15) is 0 Å². The molecule has 1 amide bonds. The largest absolute Gasteiger partial charge is 0.475 e. The topological polar surface area (TPSA) is 92.4 Å². The summed E-state index contributed by atoms with van der Waals surface area (Å²) in [5.74, 6) is -2.43. The molecule has 2 N–H and O–H groups in total. The number of nitrogens with one attached hydrogen (secondary N) is 1. The molecule has 8 heteroatoms. The fraction of sp³-hybridized carbons (Fsp3) is 0. The lowest BCUT2D eigenvalue weighted by atomic mass is 10.3. The summed E-state index contributed by atoms with van der Waals surface area (Å²) in [4.78, 5) is 22.4. The van der Waals surface area contributed by atoms with E-state index in [0.717, 1.165) is 6.07 Å². The lowest BCUT2D eigenvalue weighted by Crippen LogP contribution is -2.13. The van der Waals surface area contributed by atoms with Crippen molar-refractivity contribution in [2.24, 2.45) is 0 Å². The number of carbonyl (C=O) groups excluding carboxylic acids is 1. The van der Waals surface area contributed by atoms with Crippen LogP contribution in [0.4, 0.5) is 5.69 Å². The first-order valence-electron chi connectivity index (χ1n) is 4.94. The number of para-hydroxylation sites is 1. The molecule has 0 bridgehead atoms. The number of rotatable bonds is 3. The van der Waals surface area contributed by atoms with E-state index in [0.29, 0.717) is 0 Å². The molecule has 0 saturated heterocycles. The van der Waals surface area contributed by atoms with Gasteiger partial charge in [-0.05, 0) is 12.1 Å². The van der Waals surface area contributed by atoms with E-state index in [1.165, 1.54) is 0 Å². The maximum Gasteiger partial charge on any atom is 0.374 e. The summed E-state index contributed by atoms with van der Waals surface area (Å²) in [6.07, 6.45) is 0. The molecule has 19 heavy (non-hydrogen) atoms. The van der Waals surface area contributed by atoms with Gasteiger partial charge in [0.15, 0.2) is 5.69 Å². The minimum absolute atomic E-state index is 0.187. The van der Waals surface area contributed by atoms with Crippen LogP contribution in [0.1, 0.15) is 21.0 Å². The van der Waals surface area contributed by atoms with Crippen molar-refractivity contribution in [2.75, 3.05) is 5.32 Å². The molecule has 2 rings (SSSR count). The van der Waals surface area contributed by atoms with E-state index in [4.69, 9.17) is 28.3 Å². The standard InChI is InChI=1S/C11H6Cl2N2O4/c12-5-2-1-3-6(13)9(5)14-10(16)7-4-8(11(17)18)19-15-7/h1-4H,(H,14,16)(H,17,18). The molecule has 0 aliphatic rings. The normalized spacial score (nSPS) is 10.2. The van der Waals surface area contributed by atoms with Gasteiger partial charge in [-0.25, -0.2) is 4.79 Å². The number of carbonyl (C=O) groups is 2. The van der Waals surface area contributed by atoms with Crippen molar-refractivity contribution in [1.29, 1.82) is 0 Å². The lowest BCUT2D eigenvalue weighted by Gasteiger charge is -2.06. The van der Waals surface area contributed by atoms with Crippen LogP contribution in [0.2, 0.25) is 10.0 Å². The zero-order chi connectivity index (χ0) is 14.0. The molecule has 0 aliphatic carbocycles. The zero-order valence-corrected chi connectivity index (χ0v) is 10.7. The predicted octanol–water partition coefficient (Wildman–Crippen LogP) is 2.93. The smallest absolute Gasteiger partial charge is 0.374 e. The van der Waals surface area contributed by atoms with Gasteiger partial charge >= 0.3 is 5.97 Å². The molecule has 1 aromatic carbocycles. The minimum atomic E-state index is -1.32. The van der Waals surface area contributed by atoms with E-state index < -0.39 is 17.6 Å². The molecule has 0 spiro atoms. The van der Waals surface area contributed by atoms with Crippen LogP contribution in [0, 0.1) is 0 Å². The average Bonchev–Trinajstić information content (AvgIpc) is 2.83. The molecule has 0 fully saturated rings. The van der Waals surface area contributed by atoms with Crippen molar-refractivity contribution < 1.29 is 19.2 Å². The maximum absolute atomic E-state index is 11.8. The van der Waals surface area contributed by atoms with Crippen LogP contribution in [-0.2, 0) is 0 Å². The Morgan fingerprint density at radius 3 is 2.42 bits per heavy atom. The molecule has 6 nitrogen and oxygen atoms in total. The molecule has 0 aliphatic heterocycles. The van der Waals surface area contributed by atoms with E-state index in [2.05, 4.69) is 15.0 Å². The summed E-state index contributed by atoms with van der Waals surface area (Å²) in [6.45, 7) is 0. The Morgan fingerprint density at radius 2 is 1.89 bits per heavy atom. The summed E-state index contributed by atoms with van der Waals surface area (Å²) < 4.78 is 4.47. The molecule has 98 valence electrons. The van der Waals surface area contributed by atoms with Gasteiger partial charge in [0.05, 0.1) is 15.7 Å². The Balaban J connectivity index is 2.23. The van der Waals surface area contributed by atoms with Gasteiger partial charge in [-0.3, -0.25) is 4.79 Å². The van der Waals surface area contributed by atoms with Gasteiger partial charge in [-0.2, -0.15) is 0 Å². The fourth-order valence-corrected chi connectivity index (χ4v) is 1.77. The van der Waals surface area contributed by atoms with E-state index in [1.807, 2.05) is 0 Å². The number of carboxylic acids is 1. The van der Waals surface area contributed by atoms with Crippen LogP contribution in [-0.4, -0.2) is 22.1 Å². The van der Waals surface area contributed by atoms with Crippen LogP contribution < -0.4 is 5.32 Å². The fourth-order valence-electron chi connectivity index (χ4n) is 1.28. The average molecular weight is 301 g/mol. The number of hydrogen-bond acceptors (Lipinski definition) is 4. The van der Waals surface area contributed by atoms with Gasteiger partial charge in [-0.1, -0.05) is 34.4 Å². The zero-order valence-electron chi connectivity index (χ0n) is 9.18. The van der Waals surface area contributed by atoms with Gasteiger partial charge in [0.25, 0.3) is 5.91 Å². The molecule has 1 heterocycles. The van der Waals surface area contributed by atoms with Gasteiger partial charge in [-0.15, -0.1) is 0 Å². The van der Waals surface area contributed by atoms with Crippen molar-refractivity contribution in [1.82, 2.24) is 5.16 Å². The number of aromatic carboxylic acids is 1. The third-order valence-electron chi connectivity index (χ3n) is 2.15. The van der Waals surface area contributed by atoms with Crippen molar-refractivity contribution in [3.05, 3.63) is 45.8 Å². The molecule has 0 radical (unpaired) electrons. The van der Waals surface area contributed by atoms with Crippen LogP contribution in [0.15, 0.2) is 28.8 Å². The highest BCUT2D eigenvalue weighted by molar-refractivity contribution is 6.40. The first kappa shape index (κ1) is 13.4. The van der Waals surface area contributed by atoms with Gasteiger partial charge < -0.3 is 14.9 Å². The number of halogens is 2. The van der Waals surface area contributed by atoms with Gasteiger partial charge in [0.2, 0.25) is 5.76 Å². The molecule has 1 aromatic heterocycles. The number of nitrogens with zero attached hydrogens (tertiary/aromatic N) is 1. The molecule has 0 atom stereocenters. The van der Waals surface area contributed by atoms with E-state index in [9.17, 15) is 9.59 Å². The first-order valence-corrected chi connectivity index (χ1v) is 5.70. The number of carboxylic acid groups (broad SMARTS) is 1. The second-order valence-electron chi connectivity index (χ2n) is 3.43. The van der Waals surface area contributed by atoms with E-state index >= 15 is 0 Å². The van der Waals surface area contributed by atoms with E-state index in [1.54, 1.807) is 18.2 Å². The number of aromatic nitrogens is 1. The third kappa shape index (κ3) is 2.86. The monoisotopic (exact) mass is 300 g/mol. The number of amides is 1. The highest BCUT2D eigenvalue weighted by Gasteiger charge is 2.18. The Hall–Kier alpha value is -2.05. The summed E-state index contributed by atoms with van der Waals surface area (Å²) in [6, 6.07) is 5.73. The van der Waals surface area contributed by atoms with E-state index in [-0.39, 0.29) is 21.4 Å². The molecule has 2 aromatic rings. The second-order valence-corrected chi connectivity index (χ2v) is 4.25. The van der Waals surface area contributed by atoms with Gasteiger partial charge in [0, 0.05) is 6.07 Å². The van der Waals surface area contributed by atoms with Crippen LogP contribution in [0.5, 0.6) is 0 Å². The third-order valence-corrected chi connectivity index (χ3v) is 2.78. The first-order chi connectivity index (χ1) is 8.99. The molecule has 0 saturated carbocycles. The van der Waals surface area contributed by atoms with Crippen molar-refractivity contribution >= 4 is 40.8 Å². The molecule has 0 unspecified atom stereocenters. The Kier molecular flexibility index (Phi) is 3.73. The predicted molar refractivity (Wildman–Crippen MR) is 67.9 cm³/mol. The number of anilines is 1. The Labute approximate surface area is 116 Å².